The lowest BCUT2D eigenvalue weighted by Gasteiger charge is -2.29. The third-order valence-electron chi connectivity index (χ3n) is 4.05. The summed E-state index contributed by atoms with van der Waals surface area (Å²) in [5.41, 5.74) is -0.173. The van der Waals surface area contributed by atoms with Crippen LogP contribution in [0.1, 0.15) is 39.0 Å². The Morgan fingerprint density at radius 1 is 1.50 bits per heavy atom. The number of hydrogen-bond donors (Lipinski definition) is 1. The van der Waals surface area contributed by atoms with E-state index in [0.29, 0.717) is 5.91 Å². The van der Waals surface area contributed by atoms with Gasteiger partial charge in [-0.2, -0.15) is 0 Å². The van der Waals surface area contributed by atoms with Crippen molar-refractivity contribution in [1.82, 2.24) is 10.2 Å². The van der Waals surface area contributed by atoms with Crippen LogP contribution in [0.5, 0.6) is 0 Å². The van der Waals surface area contributed by atoms with Crippen molar-refractivity contribution in [2.75, 3.05) is 13.2 Å². The van der Waals surface area contributed by atoms with E-state index in [1.165, 1.54) is 12.8 Å². The molecule has 4 nitrogen and oxygen atoms in total. The molecule has 16 heavy (non-hydrogen) atoms. The monoisotopic (exact) mass is 224 g/mol. The molecule has 0 bridgehead atoms. The first-order chi connectivity index (χ1) is 7.71. The van der Waals surface area contributed by atoms with Crippen molar-refractivity contribution in [1.29, 1.82) is 0 Å². The normalized spacial score (nSPS) is 37.1. The molecule has 1 amide bonds. The van der Waals surface area contributed by atoms with Crippen molar-refractivity contribution in [3.63, 3.8) is 0 Å². The number of carbonyl (C=O) groups excluding carboxylic acids is 1. The van der Waals surface area contributed by atoms with Gasteiger partial charge in [0.2, 0.25) is 5.91 Å². The van der Waals surface area contributed by atoms with E-state index in [4.69, 9.17) is 4.74 Å². The number of carbonyl (C=O) groups is 1. The molecule has 0 aromatic rings. The fourth-order valence-corrected chi connectivity index (χ4v) is 2.89. The van der Waals surface area contributed by atoms with Crippen LogP contribution in [0.3, 0.4) is 0 Å². The number of rotatable bonds is 2. The summed E-state index contributed by atoms with van der Waals surface area (Å²) in [5.74, 6) is 0.300. The van der Waals surface area contributed by atoms with E-state index in [1.54, 1.807) is 0 Å². The lowest BCUT2D eigenvalue weighted by atomic mass is 10.1. The van der Waals surface area contributed by atoms with Gasteiger partial charge in [0.25, 0.3) is 0 Å². The molecule has 0 aromatic carbocycles. The zero-order valence-corrected chi connectivity index (χ0v) is 9.87. The minimum Gasteiger partial charge on any atom is -0.376 e. The van der Waals surface area contributed by atoms with Gasteiger partial charge in [0, 0.05) is 13.2 Å². The van der Waals surface area contributed by atoms with Crippen molar-refractivity contribution in [3.8, 4) is 0 Å². The predicted octanol–water partition coefficient (Wildman–Crippen LogP) is 0.866. The third-order valence-corrected chi connectivity index (χ3v) is 4.05. The highest BCUT2D eigenvalue weighted by atomic mass is 16.5. The maximum Gasteiger partial charge on any atom is 0.244 e. The molecule has 3 fully saturated rings. The smallest absolute Gasteiger partial charge is 0.244 e. The standard InChI is InChI=1S/C12H20N2O2/c1-9-13-12(5-6-12)11(15)14(9)8-10-4-2-3-7-16-10/h9-10,13H,2-8H2,1H3. The topological polar surface area (TPSA) is 41.6 Å². The van der Waals surface area contributed by atoms with Crippen molar-refractivity contribution >= 4 is 5.91 Å². The van der Waals surface area contributed by atoms with Crippen molar-refractivity contribution in [2.24, 2.45) is 0 Å². The Kier molecular flexibility index (Phi) is 2.44. The van der Waals surface area contributed by atoms with E-state index in [9.17, 15) is 4.79 Å². The van der Waals surface area contributed by atoms with E-state index in [2.05, 4.69) is 12.2 Å². The molecule has 2 saturated heterocycles. The summed E-state index contributed by atoms with van der Waals surface area (Å²) in [4.78, 5) is 14.2. The second-order valence-electron chi connectivity index (χ2n) is 5.35. The molecule has 2 aliphatic heterocycles. The van der Waals surface area contributed by atoms with Gasteiger partial charge in [0.1, 0.15) is 0 Å². The summed E-state index contributed by atoms with van der Waals surface area (Å²) in [5, 5.41) is 3.41. The average Bonchev–Trinajstić information content (AvgIpc) is 3.03. The number of nitrogens with zero attached hydrogens (tertiary/aromatic N) is 1. The van der Waals surface area contributed by atoms with Crippen LogP contribution in [0, 0.1) is 0 Å². The maximum absolute atomic E-state index is 12.2. The van der Waals surface area contributed by atoms with Gasteiger partial charge in [-0.05, 0) is 39.0 Å². The Bertz CT molecular complexity index is 295. The molecule has 2 unspecified atom stereocenters. The number of ether oxygens (including phenoxy) is 1. The lowest BCUT2D eigenvalue weighted by Crippen LogP contribution is -2.42. The van der Waals surface area contributed by atoms with Crippen LogP contribution in [0.2, 0.25) is 0 Å². The largest absolute Gasteiger partial charge is 0.376 e. The van der Waals surface area contributed by atoms with E-state index >= 15 is 0 Å². The minimum absolute atomic E-state index is 0.173. The Morgan fingerprint density at radius 2 is 2.31 bits per heavy atom. The molecular formula is C12H20N2O2. The molecule has 2 atom stereocenters. The first-order valence-electron chi connectivity index (χ1n) is 6.42. The SMILES string of the molecule is CC1NC2(CC2)C(=O)N1CC1CCCCO1. The number of hydrogen-bond acceptors (Lipinski definition) is 3. The Balaban J connectivity index is 1.63. The van der Waals surface area contributed by atoms with E-state index in [-0.39, 0.29) is 17.8 Å². The summed E-state index contributed by atoms with van der Waals surface area (Å²) < 4.78 is 5.70. The van der Waals surface area contributed by atoms with Crippen LogP contribution in [0.4, 0.5) is 0 Å². The summed E-state index contributed by atoms with van der Waals surface area (Å²) in [6.45, 7) is 3.71. The van der Waals surface area contributed by atoms with Gasteiger partial charge in [-0.25, -0.2) is 0 Å². The zero-order valence-electron chi connectivity index (χ0n) is 9.87. The van der Waals surface area contributed by atoms with Gasteiger partial charge in [-0.15, -0.1) is 0 Å². The van der Waals surface area contributed by atoms with Crippen LogP contribution in [0.25, 0.3) is 0 Å². The summed E-state index contributed by atoms with van der Waals surface area (Å²) in [6.07, 6.45) is 5.97. The van der Waals surface area contributed by atoms with Gasteiger partial charge in [0.05, 0.1) is 17.8 Å². The Labute approximate surface area is 96.3 Å². The molecule has 1 saturated carbocycles. The molecule has 1 N–H and O–H groups in total. The Morgan fingerprint density at radius 3 is 2.88 bits per heavy atom. The summed E-state index contributed by atoms with van der Waals surface area (Å²) >= 11 is 0. The van der Waals surface area contributed by atoms with Crippen LogP contribution in [0.15, 0.2) is 0 Å². The molecular weight excluding hydrogens is 204 g/mol. The van der Waals surface area contributed by atoms with Gasteiger partial charge >= 0.3 is 0 Å². The number of amides is 1. The molecule has 3 rings (SSSR count). The van der Waals surface area contributed by atoms with Crippen LogP contribution in [-0.4, -0.2) is 41.8 Å². The highest BCUT2D eigenvalue weighted by Crippen LogP contribution is 2.42. The van der Waals surface area contributed by atoms with Crippen molar-refractivity contribution in [2.45, 2.75) is 56.8 Å². The first kappa shape index (κ1) is 10.5. The van der Waals surface area contributed by atoms with Crippen LogP contribution in [-0.2, 0) is 9.53 Å². The van der Waals surface area contributed by atoms with E-state index < -0.39 is 0 Å². The van der Waals surface area contributed by atoms with Crippen LogP contribution >= 0.6 is 0 Å². The quantitative estimate of drug-likeness (QED) is 0.756. The lowest BCUT2D eigenvalue weighted by molar-refractivity contribution is -0.133. The first-order valence-corrected chi connectivity index (χ1v) is 6.42. The fraction of sp³-hybridized carbons (Fsp3) is 0.917. The Hall–Kier alpha value is -0.610. The van der Waals surface area contributed by atoms with Crippen molar-refractivity contribution < 1.29 is 9.53 Å². The molecule has 1 spiro atoms. The molecule has 90 valence electrons. The maximum atomic E-state index is 12.2. The highest BCUT2D eigenvalue weighted by Gasteiger charge is 2.58. The second-order valence-corrected chi connectivity index (χ2v) is 5.35. The van der Waals surface area contributed by atoms with Gasteiger partial charge in [-0.3, -0.25) is 10.1 Å². The van der Waals surface area contributed by atoms with Crippen LogP contribution < -0.4 is 5.32 Å². The summed E-state index contributed by atoms with van der Waals surface area (Å²) in [6, 6.07) is 0. The molecule has 2 heterocycles. The van der Waals surface area contributed by atoms with Gasteiger partial charge < -0.3 is 9.64 Å². The van der Waals surface area contributed by atoms with Gasteiger partial charge in [0.15, 0.2) is 0 Å². The number of nitrogens with one attached hydrogen (secondary N) is 1. The highest BCUT2D eigenvalue weighted by molar-refractivity contribution is 5.91. The molecule has 0 radical (unpaired) electrons. The zero-order chi connectivity index (χ0) is 11.2. The molecule has 3 aliphatic rings. The van der Waals surface area contributed by atoms with E-state index in [1.807, 2.05) is 4.90 Å². The summed E-state index contributed by atoms with van der Waals surface area (Å²) in [7, 11) is 0. The molecule has 1 aliphatic carbocycles. The molecule has 4 heteroatoms. The minimum atomic E-state index is -0.173. The fourth-order valence-electron chi connectivity index (χ4n) is 2.89. The second kappa shape index (κ2) is 3.70. The molecule has 0 aromatic heterocycles. The third kappa shape index (κ3) is 1.64. The van der Waals surface area contributed by atoms with E-state index in [0.717, 1.165) is 32.4 Å². The van der Waals surface area contributed by atoms with Gasteiger partial charge in [-0.1, -0.05) is 0 Å². The predicted molar refractivity (Wildman–Crippen MR) is 59.9 cm³/mol. The van der Waals surface area contributed by atoms with Crippen molar-refractivity contribution in [3.05, 3.63) is 0 Å². The average molecular weight is 224 g/mol.